The van der Waals surface area contributed by atoms with E-state index in [-0.39, 0.29) is 5.91 Å². The van der Waals surface area contributed by atoms with Crippen molar-refractivity contribution in [3.63, 3.8) is 0 Å². The highest BCUT2D eigenvalue weighted by Gasteiger charge is 2.39. The van der Waals surface area contributed by atoms with Gasteiger partial charge in [-0.3, -0.25) is 9.69 Å². The minimum Gasteiger partial charge on any atom is -0.380 e. The van der Waals surface area contributed by atoms with Gasteiger partial charge in [0.15, 0.2) is 0 Å². The summed E-state index contributed by atoms with van der Waals surface area (Å²) in [5.41, 5.74) is 5.72. The predicted molar refractivity (Wildman–Crippen MR) is 78.2 cm³/mol. The average molecular weight is 277 g/mol. The quantitative estimate of drug-likeness (QED) is 0.785. The van der Waals surface area contributed by atoms with Gasteiger partial charge in [0.2, 0.25) is 5.91 Å². The van der Waals surface area contributed by atoms with E-state index in [1.807, 2.05) is 37.4 Å². The van der Waals surface area contributed by atoms with E-state index in [1.165, 1.54) is 0 Å². The molecule has 2 unspecified atom stereocenters. The molecule has 3 N–H and O–H groups in total. The summed E-state index contributed by atoms with van der Waals surface area (Å²) in [6.07, 6.45) is 0.990. The van der Waals surface area contributed by atoms with E-state index in [0.29, 0.717) is 19.2 Å². The molecule has 1 saturated heterocycles. The van der Waals surface area contributed by atoms with Crippen LogP contribution in [0.4, 0.5) is 0 Å². The third-order valence-electron chi connectivity index (χ3n) is 4.13. The van der Waals surface area contributed by atoms with Crippen molar-refractivity contribution in [2.75, 3.05) is 33.9 Å². The first-order valence-corrected chi connectivity index (χ1v) is 6.92. The Bertz CT molecular complexity index is 446. The Morgan fingerprint density at radius 2 is 2.20 bits per heavy atom. The van der Waals surface area contributed by atoms with Crippen molar-refractivity contribution in [3.8, 4) is 0 Å². The molecule has 5 nitrogen and oxygen atoms in total. The minimum atomic E-state index is -0.876. The largest absolute Gasteiger partial charge is 0.380 e. The lowest BCUT2D eigenvalue weighted by atomic mass is 9.88. The van der Waals surface area contributed by atoms with Gasteiger partial charge in [-0.1, -0.05) is 30.3 Å². The van der Waals surface area contributed by atoms with Crippen molar-refractivity contribution in [2.24, 2.45) is 5.73 Å². The molecule has 0 bridgehead atoms. The number of nitrogens with one attached hydrogen (secondary N) is 1. The van der Waals surface area contributed by atoms with Gasteiger partial charge < -0.3 is 15.8 Å². The van der Waals surface area contributed by atoms with Crippen molar-refractivity contribution < 1.29 is 9.53 Å². The highest BCUT2D eigenvalue weighted by molar-refractivity contribution is 5.86. The van der Waals surface area contributed by atoms with Crippen LogP contribution in [0.1, 0.15) is 12.0 Å². The maximum Gasteiger partial charge on any atom is 0.243 e. The molecule has 1 aliphatic heterocycles. The van der Waals surface area contributed by atoms with Crippen LogP contribution < -0.4 is 11.1 Å². The van der Waals surface area contributed by atoms with E-state index < -0.39 is 5.54 Å². The summed E-state index contributed by atoms with van der Waals surface area (Å²) in [5, 5.41) is 3.13. The van der Waals surface area contributed by atoms with Crippen molar-refractivity contribution in [1.29, 1.82) is 0 Å². The second-order valence-corrected chi connectivity index (χ2v) is 5.32. The maximum absolute atomic E-state index is 12.1. The van der Waals surface area contributed by atoms with Crippen LogP contribution in [0, 0.1) is 0 Å². The molecule has 2 atom stereocenters. The van der Waals surface area contributed by atoms with Gasteiger partial charge in [-0.05, 0) is 26.1 Å². The molecule has 0 spiro atoms. The second-order valence-electron chi connectivity index (χ2n) is 5.32. The Labute approximate surface area is 120 Å². The van der Waals surface area contributed by atoms with Crippen molar-refractivity contribution >= 4 is 5.91 Å². The van der Waals surface area contributed by atoms with E-state index in [4.69, 9.17) is 10.5 Å². The zero-order valence-corrected chi connectivity index (χ0v) is 12.1. The average Bonchev–Trinajstić information content (AvgIpc) is 2.99. The van der Waals surface area contributed by atoms with Gasteiger partial charge in [-0.25, -0.2) is 0 Å². The van der Waals surface area contributed by atoms with Gasteiger partial charge in [0.1, 0.15) is 5.54 Å². The number of likely N-dealkylation sites (N-methyl/N-ethyl adjacent to an activating group) is 2. The lowest BCUT2D eigenvalue weighted by Crippen LogP contribution is -2.58. The molecule has 1 aliphatic rings. The Morgan fingerprint density at radius 1 is 1.50 bits per heavy atom. The number of amides is 1. The second kappa shape index (κ2) is 6.35. The highest BCUT2D eigenvalue weighted by atomic mass is 16.5. The van der Waals surface area contributed by atoms with Crippen molar-refractivity contribution in [1.82, 2.24) is 10.2 Å². The summed E-state index contributed by atoms with van der Waals surface area (Å²) in [6, 6.07) is 9.97. The van der Waals surface area contributed by atoms with Crippen LogP contribution >= 0.6 is 0 Å². The standard InChI is InChI=1S/C15H23N3O2/c1-17-15(14(16)19,12-6-4-3-5-7-12)11-18(2)13-8-9-20-10-13/h3-7,13,17H,8-11H2,1-2H3,(H2,16,19). The third-order valence-corrected chi connectivity index (χ3v) is 4.13. The summed E-state index contributed by atoms with van der Waals surface area (Å²) >= 11 is 0. The van der Waals surface area contributed by atoms with Crippen LogP contribution in [-0.2, 0) is 15.1 Å². The summed E-state index contributed by atoms with van der Waals surface area (Å²) in [5.74, 6) is -0.364. The molecular formula is C15H23N3O2. The van der Waals surface area contributed by atoms with Gasteiger partial charge in [0, 0.05) is 19.2 Å². The van der Waals surface area contributed by atoms with E-state index in [0.717, 1.165) is 18.6 Å². The first-order chi connectivity index (χ1) is 9.60. The number of primary amides is 1. The van der Waals surface area contributed by atoms with E-state index in [1.54, 1.807) is 7.05 Å². The number of benzene rings is 1. The lowest BCUT2D eigenvalue weighted by Gasteiger charge is -2.36. The maximum atomic E-state index is 12.1. The molecule has 1 aromatic rings. The number of nitrogens with zero attached hydrogens (tertiary/aromatic N) is 1. The fraction of sp³-hybridized carbons (Fsp3) is 0.533. The number of hydrogen-bond acceptors (Lipinski definition) is 4. The fourth-order valence-corrected chi connectivity index (χ4v) is 2.75. The first-order valence-electron chi connectivity index (χ1n) is 6.92. The lowest BCUT2D eigenvalue weighted by molar-refractivity contribution is -0.125. The van der Waals surface area contributed by atoms with Crippen LogP contribution in [0.2, 0.25) is 0 Å². The molecule has 5 heteroatoms. The Kier molecular flexibility index (Phi) is 4.75. The van der Waals surface area contributed by atoms with Crippen LogP contribution in [0.5, 0.6) is 0 Å². The molecule has 0 radical (unpaired) electrons. The van der Waals surface area contributed by atoms with E-state index in [9.17, 15) is 4.79 Å². The molecule has 1 heterocycles. The SMILES string of the molecule is CNC(CN(C)C1CCOC1)(C(N)=O)c1ccccc1. The molecule has 1 amide bonds. The van der Waals surface area contributed by atoms with Crippen LogP contribution in [0.15, 0.2) is 30.3 Å². The molecule has 0 saturated carbocycles. The van der Waals surface area contributed by atoms with Gasteiger partial charge in [0.05, 0.1) is 6.61 Å². The molecule has 0 aliphatic carbocycles. The Hall–Kier alpha value is -1.43. The van der Waals surface area contributed by atoms with Crippen molar-refractivity contribution in [2.45, 2.75) is 18.0 Å². The number of rotatable bonds is 6. The highest BCUT2D eigenvalue weighted by Crippen LogP contribution is 2.24. The Balaban J connectivity index is 2.25. The molecule has 20 heavy (non-hydrogen) atoms. The zero-order chi connectivity index (χ0) is 14.6. The van der Waals surface area contributed by atoms with Crippen LogP contribution in [-0.4, -0.2) is 50.7 Å². The summed E-state index contributed by atoms with van der Waals surface area (Å²) in [4.78, 5) is 14.3. The van der Waals surface area contributed by atoms with E-state index in [2.05, 4.69) is 10.2 Å². The van der Waals surface area contributed by atoms with E-state index >= 15 is 0 Å². The summed E-state index contributed by atoms with van der Waals surface area (Å²) < 4.78 is 5.41. The molecule has 1 fully saturated rings. The fourth-order valence-electron chi connectivity index (χ4n) is 2.75. The molecule has 1 aromatic carbocycles. The van der Waals surface area contributed by atoms with Gasteiger partial charge in [-0.15, -0.1) is 0 Å². The molecule has 2 rings (SSSR count). The number of hydrogen-bond donors (Lipinski definition) is 2. The molecule has 110 valence electrons. The van der Waals surface area contributed by atoms with Crippen molar-refractivity contribution in [3.05, 3.63) is 35.9 Å². The molecule has 0 aromatic heterocycles. The normalized spacial score (nSPS) is 21.9. The smallest absolute Gasteiger partial charge is 0.243 e. The third kappa shape index (κ3) is 2.85. The summed E-state index contributed by atoms with van der Waals surface area (Å²) in [6.45, 7) is 2.02. The number of nitrogens with two attached hydrogens (primary N) is 1. The van der Waals surface area contributed by atoms with Crippen LogP contribution in [0.25, 0.3) is 0 Å². The van der Waals surface area contributed by atoms with Gasteiger partial charge in [-0.2, -0.15) is 0 Å². The molecular weight excluding hydrogens is 254 g/mol. The monoisotopic (exact) mass is 277 g/mol. The first kappa shape index (κ1) is 15.0. The number of ether oxygens (including phenoxy) is 1. The minimum absolute atomic E-state index is 0.339. The van der Waals surface area contributed by atoms with Crippen LogP contribution in [0.3, 0.4) is 0 Å². The topological polar surface area (TPSA) is 67.6 Å². The predicted octanol–water partition coefficient (Wildman–Crippen LogP) is 0.307. The number of carbonyl (C=O) groups is 1. The number of carbonyl (C=O) groups excluding carboxylic acids is 1. The van der Waals surface area contributed by atoms with Gasteiger partial charge >= 0.3 is 0 Å². The zero-order valence-electron chi connectivity index (χ0n) is 12.1. The van der Waals surface area contributed by atoms with Gasteiger partial charge in [0.25, 0.3) is 0 Å². The Morgan fingerprint density at radius 3 is 2.70 bits per heavy atom. The summed E-state index contributed by atoms with van der Waals surface area (Å²) in [7, 11) is 3.79.